The standard InChI is InChI=1S/C18H28N2O/c1-3-20-10-4-5-17(20)13-19-16-8-6-14-7-9-18(21-2)12-15(14)11-16/h7,9,12,16-17,19H,3-6,8,10-11,13H2,1-2H3. The Morgan fingerprint density at radius 3 is 3.00 bits per heavy atom. The predicted molar refractivity (Wildman–Crippen MR) is 87.1 cm³/mol. The molecule has 2 aliphatic rings. The van der Waals surface area contributed by atoms with Crippen LogP contribution in [0.1, 0.15) is 37.3 Å². The Hall–Kier alpha value is -1.06. The van der Waals surface area contributed by atoms with Crippen LogP contribution in [0.15, 0.2) is 18.2 Å². The maximum Gasteiger partial charge on any atom is 0.119 e. The summed E-state index contributed by atoms with van der Waals surface area (Å²) in [7, 11) is 1.75. The van der Waals surface area contributed by atoms with E-state index in [9.17, 15) is 0 Å². The summed E-state index contributed by atoms with van der Waals surface area (Å²) in [4.78, 5) is 2.62. The molecule has 1 aliphatic carbocycles. The van der Waals surface area contributed by atoms with E-state index in [1.54, 1.807) is 7.11 Å². The van der Waals surface area contributed by atoms with Crippen LogP contribution < -0.4 is 10.1 Å². The van der Waals surface area contributed by atoms with Gasteiger partial charge in [-0.3, -0.25) is 4.90 Å². The number of likely N-dealkylation sites (tertiary alicyclic amines) is 1. The summed E-state index contributed by atoms with van der Waals surface area (Å²) in [6.07, 6.45) is 6.32. The Morgan fingerprint density at radius 2 is 2.19 bits per heavy atom. The minimum atomic E-state index is 0.629. The molecule has 1 fully saturated rings. The van der Waals surface area contributed by atoms with E-state index < -0.39 is 0 Å². The number of nitrogens with one attached hydrogen (secondary N) is 1. The Bertz CT molecular complexity index is 474. The third-order valence-electron chi connectivity index (χ3n) is 5.19. The molecule has 1 aromatic carbocycles. The molecule has 21 heavy (non-hydrogen) atoms. The molecule has 1 saturated heterocycles. The molecule has 3 nitrogen and oxygen atoms in total. The van der Waals surface area contributed by atoms with Gasteiger partial charge in [0.15, 0.2) is 0 Å². The summed E-state index contributed by atoms with van der Waals surface area (Å²) in [6, 6.07) is 7.92. The van der Waals surface area contributed by atoms with E-state index in [1.807, 2.05) is 0 Å². The van der Waals surface area contributed by atoms with Crippen molar-refractivity contribution < 1.29 is 4.74 Å². The maximum absolute atomic E-state index is 5.36. The fourth-order valence-corrected chi connectivity index (χ4v) is 3.88. The van der Waals surface area contributed by atoms with Gasteiger partial charge in [0.25, 0.3) is 0 Å². The third-order valence-corrected chi connectivity index (χ3v) is 5.19. The van der Waals surface area contributed by atoms with Crippen LogP contribution in [0, 0.1) is 0 Å². The quantitative estimate of drug-likeness (QED) is 0.901. The lowest BCUT2D eigenvalue weighted by molar-refractivity contribution is 0.251. The molecular weight excluding hydrogens is 260 g/mol. The first-order valence-electron chi connectivity index (χ1n) is 8.43. The lowest BCUT2D eigenvalue weighted by Gasteiger charge is -2.29. The van der Waals surface area contributed by atoms with Gasteiger partial charge in [0.05, 0.1) is 7.11 Å². The average Bonchev–Trinajstić information content (AvgIpc) is 2.99. The Balaban J connectivity index is 1.56. The van der Waals surface area contributed by atoms with Crippen molar-refractivity contribution in [1.29, 1.82) is 0 Å². The van der Waals surface area contributed by atoms with E-state index in [1.165, 1.54) is 49.9 Å². The summed E-state index contributed by atoms with van der Waals surface area (Å²) in [5.74, 6) is 0.988. The van der Waals surface area contributed by atoms with Crippen LogP contribution in [0.25, 0.3) is 0 Å². The maximum atomic E-state index is 5.36. The van der Waals surface area contributed by atoms with Crippen molar-refractivity contribution in [1.82, 2.24) is 10.2 Å². The molecule has 0 amide bonds. The second-order valence-electron chi connectivity index (χ2n) is 6.41. The molecular formula is C18H28N2O. The van der Waals surface area contributed by atoms with Crippen LogP contribution in [-0.4, -0.2) is 43.7 Å². The van der Waals surface area contributed by atoms with Gasteiger partial charge < -0.3 is 10.1 Å². The van der Waals surface area contributed by atoms with Crippen molar-refractivity contribution in [3.63, 3.8) is 0 Å². The molecule has 0 aromatic heterocycles. The van der Waals surface area contributed by atoms with Gasteiger partial charge in [0.2, 0.25) is 0 Å². The van der Waals surface area contributed by atoms with E-state index in [2.05, 4.69) is 35.3 Å². The van der Waals surface area contributed by atoms with Crippen LogP contribution in [0.2, 0.25) is 0 Å². The number of hydrogen-bond acceptors (Lipinski definition) is 3. The fraction of sp³-hybridized carbons (Fsp3) is 0.667. The molecule has 3 heteroatoms. The zero-order valence-electron chi connectivity index (χ0n) is 13.4. The zero-order valence-corrected chi connectivity index (χ0v) is 13.4. The summed E-state index contributed by atoms with van der Waals surface area (Å²) < 4.78 is 5.36. The highest BCUT2D eigenvalue weighted by molar-refractivity contribution is 5.37. The Kier molecular flexibility index (Phi) is 4.81. The molecule has 3 rings (SSSR count). The van der Waals surface area contributed by atoms with Gasteiger partial charge in [0.1, 0.15) is 5.75 Å². The number of hydrogen-bond donors (Lipinski definition) is 1. The SMILES string of the molecule is CCN1CCCC1CNC1CCc2ccc(OC)cc2C1. The van der Waals surface area contributed by atoms with Gasteiger partial charge in [-0.05, 0) is 68.5 Å². The number of benzene rings is 1. The van der Waals surface area contributed by atoms with Gasteiger partial charge in [-0.25, -0.2) is 0 Å². The monoisotopic (exact) mass is 288 g/mol. The van der Waals surface area contributed by atoms with Crippen LogP contribution in [0.3, 0.4) is 0 Å². The van der Waals surface area contributed by atoms with E-state index in [0.29, 0.717) is 6.04 Å². The first kappa shape index (κ1) is 14.9. The molecule has 1 aliphatic heterocycles. The van der Waals surface area contributed by atoms with Crippen LogP contribution in [0.4, 0.5) is 0 Å². The molecule has 2 unspecified atom stereocenters. The molecule has 116 valence electrons. The molecule has 2 atom stereocenters. The summed E-state index contributed by atoms with van der Waals surface area (Å²) in [5.41, 5.74) is 2.97. The third kappa shape index (κ3) is 3.41. The highest BCUT2D eigenvalue weighted by Crippen LogP contribution is 2.26. The number of ether oxygens (including phenoxy) is 1. The van der Waals surface area contributed by atoms with Crippen LogP contribution in [0.5, 0.6) is 5.75 Å². The van der Waals surface area contributed by atoms with Gasteiger partial charge in [-0.2, -0.15) is 0 Å². The van der Waals surface area contributed by atoms with Crippen molar-refractivity contribution in [2.45, 2.75) is 51.1 Å². The number of methoxy groups -OCH3 is 1. The van der Waals surface area contributed by atoms with Gasteiger partial charge in [0, 0.05) is 18.6 Å². The smallest absolute Gasteiger partial charge is 0.119 e. The first-order chi connectivity index (χ1) is 10.3. The topological polar surface area (TPSA) is 24.5 Å². The highest BCUT2D eigenvalue weighted by atomic mass is 16.5. The van der Waals surface area contributed by atoms with Gasteiger partial charge in [-0.15, -0.1) is 0 Å². The van der Waals surface area contributed by atoms with E-state index in [0.717, 1.165) is 24.8 Å². The Labute approximate surface area is 128 Å². The van der Waals surface area contributed by atoms with Crippen molar-refractivity contribution in [2.24, 2.45) is 0 Å². The number of likely N-dealkylation sites (N-methyl/N-ethyl adjacent to an activating group) is 1. The Morgan fingerprint density at radius 1 is 1.29 bits per heavy atom. The van der Waals surface area contributed by atoms with Gasteiger partial charge in [-0.1, -0.05) is 13.0 Å². The van der Waals surface area contributed by atoms with Crippen molar-refractivity contribution in [2.75, 3.05) is 26.7 Å². The molecule has 1 aromatic rings. The van der Waals surface area contributed by atoms with Crippen molar-refractivity contribution in [3.8, 4) is 5.75 Å². The van der Waals surface area contributed by atoms with E-state index in [-0.39, 0.29) is 0 Å². The zero-order chi connectivity index (χ0) is 14.7. The lowest BCUT2D eigenvalue weighted by atomic mass is 9.88. The lowest BCUT2D eigenvalue weighted by Crippen LogP contribution is -2.43. The van der Waals surface area contributed by atoms with E-state index >= 15 is 0 Å². The molecule has 1 N–H and O–H groups in total. The number of nitrogens with zero attached hydrogens (tertiary/aromatic N) is 1. The minimum absolute atomic E-state index is 0.629. The van der Waals surface area contributed by atoms with E-state index in [4.69, 9.17) is 4.74 Å². The molecule has 0 radical (unpaired) electrons. The van der Waals surface area contributed by atoms with Gasteiger partial charge >= 0.3 is 0 Å². The largest absolute Gasteiger partial charge is 0.497 e. The number of aryl methyl sites for hydroxylation is 1. The fourth-order valence-electron chi connectivity index (χ4n) is 3.88. The van der Waals surface area contributed by atoms with Crippen LogP contribution in [-0.2, 0) is 12.8 Å². The minimum Gasteiger partial charge on any atom is -0.497 e. The number of rotatable bonds is 5. The summed E-state index contributed by atoms with van der Waals surface area (Å²) in [5, 5.41) is 3.82. The predicted octanol–water partition coefficient (Wildman–Crippen LogP) is 2.63. The number of fused-ring (bicyclic) bond motifs is 1. The van der Waals surface area contributed by atoms with Crippen LogP contribution >= 0.6 is 0 Å². The molecule has 0 bridgehead atoms. The summed E-state index contributed by atoms with van der Waals surface area (Å²) in [6.45, 7) is 5.91. The normalized spacial score (nSPS) is 25.8. The second kappa shape index (κ2) is 6.80. The molecule has 0 spiro atoms. The average molecular weight is 288 g/mol. The molecule has 1 heterocycles. The first-order valence-corrected chi connectivity index (χ1v) is 8.43. The van der Waals surface area contributed by atoms with Crippen molar-refractivity contribution >= 4 is 0 Å². The summed E-state index contributed by atoms with van der Waals surface area (Å²) >= 11 is 0. The highest BCUT2D eigenvalue weighted by Gasteiger charge is 2.25. The second-order valence-corrected chi connectivity index (χ2v) is 6.41. The van der Waals surface area contributed by atoms with Crippen molar-refractivity contribution in [3.05, 3.63) is 29.3 Å². The molecule has 0 saturated carbocycles.